The van der Waals surface area contributed by atoms with E-state index < -0.39 is 10.0 Å². The van der Waals surface area contributed by atoms with Gasteiger partial charge < -0.3 is 10.6 Å². The van der Waals surface area contributed by atoms with Crippen molar-refractivity contribution in [2.75, 3.05) is 14.1 Å². The average Bonchev–Trinajstić information content (AvgIpc) is 2.60. The quantitative estimate of drug-likeness (QED) is 0.558. The molecule has 0 aliphatic heterocycles. The summed E-state index contributed by atoms with van der Waals surface area (Å²) in [5.41, 5.74) is 0.895. The van der Waals surface area contributed by atoms with Crippen molar-refractivity contribution < 1.29 is 8.42 Å². The van der Waals surface area contributed by atoms with Gasteiger partial charge in [0.25, 0.3) is 0 Å². The summed E-state index contributed by atoms with van der Waals surface area (Å²) in [6.45, 7) is 2.82. The maximum Gasteiger partial charge on any atom is 0.240 e. The largest absolute Gasteiger partial charge is 0.354 e. The molecule has 7 heteroatoms. The first-order chi connectivity index (χ1) is 11.4. The number of hydrogen-bond acceptors (Lipinski definition) is 3. The van der Waals surface area contributed by atoms with Crippen LogP contribution in [-0.2, 0) is 16.6 Å². The molecule has 134 valence electrons. The minimum atomic E-state index is -3.42. The Morgan fingerprint density at radius 2 is 1.96 bits per heavy atom. The summed E-state index contributed by atoms with van der Waals surface area (Å²) in [6.07, 6.45) is 4.83. The lowest BCUT2D eigenvalue weighted by atomic mass is 9.87. The standard InChI is InChI=1S/C17H28N4O2S/c1-13-7-9-15(10-8-13)21-17(18-2)20-12-14-5-4-6-16(11-14)24(22,23)19-3/h4-6,11,13,15,19H,7-10,12H2,1-3H3,(H2,18,20,21). The van der Waals surface area contributed by atoms with Gasteiger partial charge >= 0.3 is 0 Å². The van der Waals surface area contributed by atoms with Crippen LogP contribution in [0.3, 0.4) is 0 Å². The Labute approximate surface area is 145 Å². The molecule has 0 spiro atoms. The topological polar surface area (TPSA) is 82.6 Å². The Hall–Kier alpha value is -1.60. The van der Waals surface area contributed by atoms with Gasteiger partial charge in [-0.25, -0.2) is 13.1 Å². The van der Waals surface area contributed by atoms with Gasteiger partial charge in [0.05, 0.1) is 4.90 Å². The van der Waals surface area contributed by atoms with Gasteiger partial charge in [0.15, 0.2) is 5.96 Å². The highest BCUT2D eigenvalue weighted by Crippen LogP contribution is 2.23. The van der Waals surface area contributed by atoms with Crippen molar-refractivity contribution in [1.82, 2.24) is 15.4 Å². The minimum Gasteiger partial charge on any atom is -0.354 e. The van der Waals surface area contributed by atoms with E-state index >= 15 is 0 Å². The van der Waals surface area contributed by atoms with Crippen LogP contribution in [0.1, 0.15) is 38.2 Å². The normalized spacial score (nSPS) is 22.2. The number of hydrogen-bond donors (Lipinski definition) is 3. The fourth-order valence-corrected chi connectivity index (χ4v) is 3.72. The molecule has 1 aromatic carbocycles. The number of rotatable bonds is 5. The van der Waals surface area contributed by atoms with Crippen LogP contribution in [0.15, 0.2) is 34.2 Å². The third-order valence-corrected chi connectivity index (χ3v) is 5.93. The van der Waals surface area contributed by atoms with Crippen LogP contribution in [-0.4, -0.2) is 34.5 Å². The van der Waals surface area contributed by atoms with E-state index in [1.54, 1.807) is 25.2 Å². The zero-order valence-corrected chi connectivity index (χ0v) is 15.5. The van der Waals surface area contributed by atoms with Crippen molar-refractivity contribution in [3.63, 3.8) is 0 Å². The zero-order chi connectivity index (χ0) is 17.6. The smallest absolute Gasteiger partial charge is 0.240 e. The van der Waals surface area contributed by atoms with Gasteiger partial charge in [-0.1, -0.05) is 19.1 Å². The predicted octanol–water partition coefficient (Wildman–Crippen LogP) is 1.84. The molecular weight excluding hydrogens is 324 g/mol. The van der Waals surface area contributed by atoms with E-state index in [0.717, 1.165) is 30.3 Å². The van der Waals surface area contributed by atoms with Crippen molar-refractivity contribution in [2.24, 2.45) is 10.9 Å². The zero-order valence-electron chi connectivity index (χ0n) is 14.7. The van der Waals surface area contributed by atoms with Crippen molar-refractivity contribution in [3.05, 3.63) is 29.8 Å². The lowest BCUT2D eigenvalue weighted by Crippen LogP contribution is -2.44. The summed E-state index contributed by atoms with van der Waals surface area (Å²) in [5.74, 6) is 1.58. The summed E-state index contributed by atoms with van der Waals surface area (Å²) in [4.78, 5) is 4.54. The van der Waals surface area contributed by atoms with Crippen molar-refractivity contribution >= 4 is 16.0 Å². The molecule has 1 aliphatic rings. The molecular formula is C17H28N4O2S. The van der Waals surface area contributed by atoms with Crippen LogP contribution in [0, 0.1) is 5.92 Å². The number of guanidine groups is 1. The highest BCUT2D eigenvalue weighted by molar-refractivity contribution is 7.89. The molecule has 0 radical (unpaired) electrons. The summed E-state index contributed by atoms with van der Waals surface area (Å²) in [5, 5.41) is 6.73. The van der Waals surface area contributed by atoms with E-state index in [1.165, 1.54) is 19.9 Å². The maximum atomic E-state index is 11.9. The van der Waals surface area contributed by atoms with Crippen molar-refractivity contribution in [1.29, 1.82) is 0 Å². The van der Waals surface area contributed by atoms with E-state index in [0.29, 0.717) is 12.6 Å². The molecule has 24 heavy (non-hydrogen) atoms. The number of nitrogens with one attached hydrogen (secondary N) is 3. The van der Waals surface area contributed by atoms with Crippen LogP contribution in [0.4, 0.5) is 0 Å². The van der Waals surface area contributed by atoms with E-state index in [1.807, 2.05) is 6.07 Å². The van der Waals surface area contributed by atoms with E-state index in [9.17, 15) is 8.42 Å². The second kappa shape index (κ2) is 8.48. The minimum absolute atomic E-state index is 0.272. The molecule has 0 heterocycles. The third kappa shape index (κ3) is 5.21. The van der Waals surface area contributed by atoms with Crippen molar-refractivity contribution in [2.45, 2.75) is 50.1 Å². The Morgan fingerprint density at radius 1 is 1.25 bits per heavy atom. The summed E-state index contributed by atoms with van der Waals surface area (Å²) >= 11 is 0. The van der Waals surface area contributed by atoms with Gasteiger partial charge in [-0.3, -0.25) is 4.99 Å². The Morgan fingerprint density at radius 3 is 2.58 bits per heavy atom. The van der Waals surface area contributed by atoms with Crippen LogP contribution < -0.4 is 15.4 Å². The number of nitrogens with zero attached hydrogens (tertiary/aromatic N) is 1. The molecule has 1 aromatic rings. The third-order valence-electron chi connectivity index (χ3n) is 4.52. The molecule has 1 aliphatic carbocycles. The SMILES string of the molecule is CN=C(NCc1cccc(S(=O)(=O)NC)c1)NC1CCC(C)CC1. The molecule has 0 aromatic heterocycles. The molecule has 3 N–H and O–H groups in total. The Balaban J connectivity index is 1.93. The number of sulfonamides is 1. The monoisotopic (exact) mass is 352 g/mol. The Kier molecular flexibility index (Phi) is 6.62. The van der Waals surface area contributed by atoms with Crippen LogP contribution in [0.5, 0.6) is 0 Å². The summed E-state index contributed by atoms with van der Waals surface area (Å²) in [6, 6.07) is 7.38. The highest BCUT2D eigenvalue weighted by Gasteiger charge is 2.19. The fourth-order valence-electron chi connectivity index (χ4n) is 2.92. The van der Waals surface area contributed by atoms with Gasteiger partial charge in [-0.2, -0.15) is 0 Å². The first-order valence-corrected chi connectivity index (χ1v) is 9.92. The first-order valence-electron chi connectivity index (χ1n) is 8.44. The van der Waals surface area contributed by atoms with Crippen LogP contribution in [0.2, 0.25) is 0 Å². The molecule has 0 saturated heterocycles. The lowest BCUT2D eigenvalue weighted by Gasteiger charge is -2.28. The van der Waals surface area contributed by atoms with Gasteiger partial charge in [0.1, 0.15) is 0 Å². The second-order valence-electron chi connectivity index (χ2n) is 6.38. The predicted molar refractivity (Wildman–Crippen MR) is 97.4 cm³/mol. The summed E-state index contributed by atoms with van der Waals surface area (Å²) in [7, 11) is -0.250. The summed E-state index contributed by atoms with van der Waals surface area (Å²) < 4.78 is 26.1. The molecule has 0 bridgehead atoms. The van der Waals surface area contributed by atoms with Crippen LogP contribution in [0.25, 0.3) is 0 Å². The van der Waals surface area contributed by atoms with E-state index in [2.05, 4.69) is 27.3 Å². The van der Waals surface area contributed by atoms with Crippen LogP contribution >= 0.6 is 0 Å². The number of aliphatic imine (C=N–C) groups is 1. The van der Waals surface area contributed by atoms with Gasteiger partial charge in [-0.15, -0.1) is 0 Å². The molecule has 1 saturated carbocycles. The fraction of sp³-hybridized carbons (Fsp3) is 0.588. The average molecular weight is 353 g/mol. The molecule has 6 nitrogen and oxygen atoms in total. The van der Waals surface area contributed by atoms with Gasteiger partial charge in [0.2, 0.25) is 10.0 Å². The highest BCUT2D eigenvalue weighted by atomic mass is 32.2. The molecule has 1 fully saturated rings. The number of benzene rings is 1. The second-order valence-corrected chi connectivity index (χ2v) is 8.27. The van der Waals surface area contributed by atoms with E-state index in [-0.39, 0.29) is 4.90 Å². The van der Waals surface area contributed by atoms with E-state index in [4.69, 9.17) is 0 Å². The molecule has 0 amide bonds. The maximum absolute atomic E-state index is 11.9. The van der Waals surface area contributed by atoms with Gasteiger partial charge in [0, 0.05) is 19.6 Å². The lowest BCUT2D eigenvalue weighted by molar-refractivity contribution is 0.329. The van der Waals surface area contributed by atoms with Crippen molar-refractivity contribution in [3.8, 4) is 0 Å². The molecule has 0 atom stereocenters. The first kappa shape index (κ1) is 18.7. The molecule has 0 unspecified atom stereocenters. The van der Waals surface area contributed by atoms with Gasteiger partial charge in [-0.05, 0) is 56.3 Å². The molecule has 2 rings (SSSR count). The Bertz CT molecular complexity index is 665.